The lowest BCUT2D eigenvalue weighted by molar-refractivity contribution is 0.272. The summed E-state index contributed by atoms with van der Waals surface area (Å²) >= 11 is 0. The molecule has 3 N–H and O–H groups in total. The molecule has 18 heavy (non-hydrogen) atoms. The molecular formula is C11H21N5O2. The fourth-order valence-corrected chi connectivity index (χ4v) is 1.43. The van der Waals surface area contributed by atoms with Crippen LogP contribution in [-0.4, -0.2) is 28.7 Å². The van der Waals surface area contributed by atoms with Crippen LogP contribution in [0.4, 0.5) is 5.95 Å². The van der Waals surface area contributed by atoms with Gasteiger partial charge in [0.15, 0.2) is 0 Å². The van der Waals surface area contributed by atoms with Crippen LogP contribution in [0.15, 0.2) is 0 Å². The number of nitrogens with one attached hydrogen (secondary N) is 1. The minimum atomic E-state index is 0.180. The van der Waals surface area contributed by atoms with Gasteiger partial charge in [0, 0.05) is 0 Å². The molecule has 0 aromatic carbocycles. The highest BCUT2D eigenvalue weighted by Crippen LogP contribution is 2.12. The van der Waals surface area contributed by atoms with Gasteiger partial charge < -0.3 is 9.47 Å². The lowest BCUT2D eigenvalue weighted by atomic mass is 10.2. The smallest absolute Gasteiger partial charge is 0.324 e. The fourth-order valence-electron chi connectivity index (χ4n) is 1.43. The molecule has 1 heterocycles. The summed E-state index contributed by atoms with van der Waals surface area (Å²) in [5, 5.41) is 0. The first kappa shape index (κ1) is 14.4. The number of hydrogen-bond acceptors (Lipinski definition) is 7. The topological polar surface area (TPSA) is 95.2 Å². The quantitative estimate of drug-likeness (QED) is 0.392. The van der Waals surface area contributed by atoms with E-state index in [9.17, 15) is 0 Å². The van der Waals surface area contributed by atoms with Crippen LogP contribution in [0.3, 0.4) is 0 Å². The Balaban J connectivity index is 2.36. The molecule has 0 bridgehead atoms. The average molecular weight is 255 g/mol. The Kier molecular flexibility index (Phi) is 6.78. The third-order valence-corrected chi connectivity index (χ3v) is 2.39. The van der Waals surface area contributed by atoms with Crippen LogP contribution in [0, 0.1) is 0 Å². The number of hydrazine groups is 1. The maximum absolute atomic E-state index is 5.43. The molecule has 0 atom stereocenters. The van der Waals surface area contributed by atoms with Gasteiger partial charge in [0.2, 0.25) is 5.95 Å². The molecule has 1 aromatic heterocycles. The van der Waals surface area contributed by atoms with Crippen molar-refractivity contribution in [3.8, 4) is 12.0 Å². The van der Waals surface area contributed by atoms with Crippen LogP contribution in [0.25, 0.3) is 0 Å². The molecule has 0 aliphatic heterocycles. The van der Waals surface area contributed by atoms with Crippen LogP contribution in [0.2, 0.25) is 0 Å². The average Bonchev–Trinajstić information content (AvgIpc) is 2.42. The van der Waals surface area contributed by atoms with Crippen LogP contribution >= 0.6 is 0 Å². The van der Waals surface area contributed by atoms with E-state index >= 15 is 0 Å². The monoisotopic (exact) mass is 255 g/mol. The van der Waals surface area contributed by atoms with Crippen LogP contribution in [-0.2, 0) is 0 Å². The van der Waals surface area contributed by atoms with E-state index < -0.39 is 0 Å². The van der Waals surface area contributed by atoms with Crippen LogP contribution < -0.4 is 20.7 Å². The highest BCUT2D eigenvalue weighted by molar-refractivity contribution is 5.25. The molecule has 1 aromatic rings. The van der Waals surface area contributed by atoms with E-state index in [4.69, 9.17) is 15.3 Å². The van der Waals surface area contributed by atoms with E-state index in [1.807, 2.05) is 0 Å². The highest BCUT2D eigenvalue weighted by atomic mass is 16.5. The zero-order chi connectivity index (χ0) is 13.2. The second-order valence-corrected chi connectivity index (χ2v) is 3.84. The Hall–Kier alpha value is -1.63. The van der Waals surface area contributed by atoms with E-state index in [2.05, 4.69) is 27.3 Å². The van der Waals surface area contributed by atoms with E-state index in [0.717, 1.165) is 12.8 Å². The Labute approximate surface area is 107 Å². The Morgan fingerprint density at radius 1 is 1.06 bits per heavy atom. The molecule has 0 saturated heterocycles. The van der Waals surface area contributed by atoms with Crippen molar-refractivity contribution in [3.05, 3.63) is 0 Å². The van der Waals surface area contributed by atoms with Gasteiger partial charge in [-0.15, -0.1) is 4.98 Å². The minimum absolute atomic E-state index is 0.180. The number of methoxy groups -OCH3 is 1. The van der Waals surface area contributed by atoms with Gasteiger partial charge in [-0.25, -0.2) is 5.84 Å². The number of unbranched alkanes of at least 4 members (excludes halogenated alkanes) is 4. The Bertz CT molecular complexity index is 326. The van der Waals surface area contributed by atoms with Crippen molar-refractivity contribution < 1.29 is 9.47 Å². The van der Waals surface area contributed by atoms with Crippen molar-refractivity contribution in [2.75, 3.05) is 19.1 Å². The summed E-state index contributed by atoms with van der Waals surface area (Å²) in [6, 6.07) is 0.407. The predicted molar refractivity (Wildman–Crippen MR) is 68.4 cm³/mol. The van der Waals surface area contributed by atoms with Gasteiger partial charge in [-0.3, -0.25) is 5.43 Å². The number of ether oxygens (including phenoxy) is 2. The van der Waals surface area contributed by atoms with Crippen LogP contribution in [0.5, 0.6) is 12.0 Å². The summed E-state index contributed by atoms with van der Waals surface area (Å²) in [6.45, 7) is 2.77. The van der Waals surface area contributed by atoms with E-state index in [1.165, 1.54) is 26.4 Å². The number of anilines is 1. The van der Waals surface area contributed by atoms with Gasteiger partial charge in [-0.05, 0) is 6.42 Å². The number of nitrogens with two attached hydrogens (primary N) is 1. The lowest BCUT2D eigenvalue weighted by Crippen LogP contribution is -2.13. The molecule has 0 aliphatic rings. The normalized spacial score (nSPS) is 10.2. The zero-order valence-corrected chi connectivity index (χ0v) is 11.0. The minimum Gasteiger partial charge on any atom is -0.467 e. The maximum Gasteiger partial charge on any atom is 0.324 e. The van der Waals surface area contributed by atoms with Crippen molar-refractivity contribution in [2.45, 2.75) is 39.0 Å². The molecule has 0 unspecified atom stereocenters. The fraction of sp³-hybridized carbons (Fsp3) is 0.727. The molecule has 0 saturated carbocycles. The molecule has 7 heteroatoms. The molecule has 0 aliphatic carbocycles. The van der Waals surface area contributed by atoms with Crippen molar-refractivity contribution in [1.82, 2.24) is 15.0 Å². The van der Waals surface area contributed by atoms with Gasteiger partial charge in [0.1, 0.15) is 0 Å². The standard InChI is InChI=1S/C11H21N5O2/c1-3-4-5-6-7-8-18-11-14-9(16-12)13-10(15-11)17-2/h3-8,12H2,1-2H3,(H,13,14,15,16). The number of rotatable bonds is 9. The zero-order valence-electron chi connectivity index (χ0n) is 11.0. The largest absolute Gasteiger partial charge is 0.467 e. The molecule has 7 nitrogen and oxygen atoms in total. The Morgan fingerprint density at radius 2 is 1.78 bits per heavy atom. The molecule has 0 spiro atoms. The van der Waals surface area contributed by atoms with Crippen molar-refractivity contribution in [1.29, 1.82) is 0 Å². The Morgan fingerprint density at radius 3 is 2.44 bits per heavy atom. The molecule has 1 rings (SSSR count). The molecule has 0 fully saturated rings. The van der Waals surface area contributed by atoms with Crippen molar-refractivity contribution in [2.24, 2.45) is 5.84 Å². The highest BCUT2D eigenvalue weighted by Gasteiger charge is 2.06. The third kappa shape index (κ3) is 5.13. The number of aromatic nitrogens is 3. The lowest BCUT2D eigenvalue weighted by Gasteiger charge is -2.06. The summed E-state index contributed by atoms with van der Waals surface area (Å²) in [6.07, 6.45) is 5.87. The first-order valence-electron chi connectivity index (χ1n) is 6.19. The number of hydrogen-bond donors (Lipinski definition) is 2. The maximum atomic E-state index is 5.43. The molecule has 102 valence electrons. The number of nitrogen functional groups attached to an aromatic ring is 1. The van der Waals surface area contributed by atoms with Gasteiger partial charge in [0.05, 0.1) is 13.7 Å². The van der Waals surface area contributed by atoms with Gasteiger partial charge >= 0.3 is 12.0 Å². The van der Waals surface area contributed by atoms with Gasteiger partial charge in [0.25, 0.3) is 0 Å². The summed E-state index contributed by atoms with van der Waals surface area (Å²) in [5.41, 5.74) is 2.34. The predicted octanol–water partition coefficient (Wildman–Crippen LogP) is 1.51. The van der Waals surface area contributed by atoms with Crippen molar-refractivity contribution in [3.63, 3.8) is 0 Å². The van der Waals surface area contributed by atoms with E-state index in [0.29, 0.717) is 6.61 Å². The van der Waals surface area contributed by atoms with Crippen molar-refractivity contribution >= 4 is 5.95 Å². The first-order valence-corrected chi connectivity index (χ1v) is 6.19. The first-order chi connectivity index (χ1) is 8.80. The molecule has 0 radical (unpaired) electrons. The molecular weight excluding hydrogens is 234 g/mol. The second kappa shape index (κ2) is 8.46. The summed E-state index contributed by atoms with van der Waals surface area (Å²) in [4.78, 5) is 11.8. The number of nitrogens with zero attached hydrogens (tertiary/aromatic N) is 3. The summed E-state index contributed by atoms with van der Waals surface area (Å²) in [7, 11) is 1.48. The SMILES string of the molecule is CCCCCCCOc1nc(NN)nc(OC)n1. The van der Waals surface area contributed by atoms with Gasteiger partial charge in [-0.1, -0.05) is 32.6 Å². The van der Waals surface area contributed by atoms with Crippen LogP contribution in [0.1, 0.15) is 39.0 Å². The van der Waals surface area contributed by atoms with E-state index in [1.54, 1.807) is 0 Å². The molecule has 0 amide bonds. The summed E-state index contributed by atoms with van der Waals surface area (Å²) < 4.78 is 10.4. The second-order valence-electron chi connectivity index (χ2n) is 3.84. The third-order valence-electron chi connectivity index (χ3n) is 2.39. The summed E-state index contributed by atoms with van der Waals surface area (Å²) in [5.74, 6) is 5.46. The van der Waals surface area contributed by atoms with Gasteiger partial charge in [-0.2, -0.15) is 9.97 Å². The van der Waals surface area contributed by atoms with E-state index in [-0.39, 0.29) is 18.0 Å².